The van der Waals surface area contributed by atoms with E-state index < -0.39 is 0 Å². The highest BCUT2D eigenvalue weighted by Crippen LogP contribution is 2.21. The van der Waals surface area contributed by atoms with Gasteiger partial charge in [-0.3, -0.25) is 14.9 Å². The van der Waals surface area contributed by atoms with Crippen molar-refractivity contribution in [2.75, 3.05) is 5.32 Å². The molecule has 106 valence electrons. The largest absolute Gasteiger partial charge is 0.381 e. The maximum absolute atomic E-state index is 13.5. The van der Waals surface area contributed by atoms with Gasteiger partial charge in [-0.15, -0.1) is 0 Å². The van der Waals surface area contributed by atoms with Crippen LogP contribution in [0.3, 0.4) is 0 Å². The van der Waals surface area contributed by atoms with Crippen LogP contribution in [-0.4, -0.2) is 11.8 Å². The highest BCUT2D eigenvalue weighted by Gasteiger charge is 2.26. The van der Waals surface area contributed by atoms with E-state index in [0.717, 1.165) is 5.56 Å². The number of anilines is 1. The lowest BCUT2D eigenvalue weighted by atomic mass is 10.1. The van der Waals surface area contributed by atoms with E-state index in [1.807, 2.05) is 6.07 Å². The number of fused-ring (bicyclic) bond motifs is 1. The van der Waals surface area contributed by atoms with Crippen LogP contribution >= 0.6 is 0 Å². The zero-order chi connectivity index (χ0) is 15.0. The van der Waals surface area contributed by atoms with E-state index in [1.54, 1.807) is 31.2 Å². The number of hydrogen-bond donors (Lipinski definition) is 2. The molecule has 2 aromatic rings. The Labute approximate surface area is 121 Å². The molecule has 0 atom stereocenters. The zero-order valence-corrected chi connectivity index (χ0v) is 11.4. The van der Waals surface area contributed by atoms with E-state index in [4.69, 9.17) is 0 Å². The van der Waals surface area contributed by atoms with Crippen molar-refractivity contribution >= 4 is 17.5 Å². The number of carbonyl (C=O) groups excluding carboxylic acids is 2. The van der Waals surface area contributed by atoms with Gasteiger partial charge in [0.1, 0.15) is 5.82 Å². The van der Waals surface area contributed by atoms with Gasteiger partial charge in [-0.25, -0.2) is 4.39 Å². The summed E-state index contributed by atoms with van der Waals surface area (Å²) in [5, 5.41) is 5.36. The van der Waals surface area contributed by atoms with E-state index in [0.29, 0.717) is 28.9 Å². The number of hydrogen-bond acceptors (Lipinski definition) is 3. The summed E-state index contributed by atoms with van der Waals surface area (Å²) in [4.78, 5) is 23.0. The van der Waals surface area contributed by atoms with Crippen molar-refractivity contribution in [2.24, 2.45) is 0 Å². The number of rotatable bonds is 3. The minimum Gasteiger partial charge on any atom is -0.381 e. The second-order valence-electron chi connectivity index (χ2n) is 4.98. The van der Waals surface area contributed by atoms with Crippen LogP contribution in [0.15, 0.2) is 36.4 Å². The highest BCUT2D eigenvalue weighted by atomic mass is 19.1. The van der Waals surface area contributed by atoms with Crippen LogP contribution in [0.4, 0.5) is 10.1 Å². The summed E-state index contributed by atoms with van der Waals surface area (Å²) in [7, 11) is 0. The molecule has 2 aromatic carbocycles. The maximum atomic E-state index is 13.5. The van der Waals surface area contributed by atoms with Gasteiger partial charge in [0.2, 0.25) is 0 Å². The van der Waals surface area contributed by atoms with Crippen molar-refractivity contribution in [3.63, 3.8) is 0 Å². The number of imide groups is 1. The lowest BCUT2D eigenvalue weighted by Crippen LogP contribution is -2.19. The van der Waals surface area contributed by atoms with Crippen molar-refractivity contribution in [3.8, 4) is 0 Å². The van der Waals surface area contributed by atoms with Gasteiger partial charge in [0.05, 0.1) is 11.1 Å². The third-order valence-corrected chi connectivity index (χ3v) is 3.47. The van der Waals surface area contributed by atoms with Crippen LogP contribution < -0.4 is 10.6 Å². The average Bonchev–Trinajstić information content (AvgIpc) is 2.75. The van der Waals surface area contributed by atoms with Crippen molar-refractivity contribution in [1.82, 2.24) is 5.32 Å². The molecule has 0 spiro atoms. The normalized spacial score (nSPS) is 13.0. The fourth-order valence-corrected chi connectivity index (χ4v) is 2.23. The monoisotopic (exact) mass is 284 g/mol. The van der Waals surface area contributed by atoms with Gasteiger partial charge in [0.15, 0.2) is 0 Å². The Balaban J connectivity index is 1.77. The Hall–Kier alpha value is -2.69. The van der Waals surface area contributed by atoms with Crippen LogP contribution in [-0.2, 0) is 6.54 Å². The van der Waals surface area contributed by atoms with E-state index in [1.165, 1.54) is 6.07 Å². The third-order valence-electron chi connectivity index (χ3n) is 3.47. The first-order valence-electron chi connectivity index (χ1n) is 6.53. The smallest absolute Gasteiger partial charge is 0.259 e. The molecule has 21 heavy (non-hydrogen) atoms. The van der Waals surface area contributed by atoms with E-state index in [-0.39, 0.29) is 17.6 Å². The molecule has 2 amide bonds. The molecule has 3 rings (SSSR count). The number of nitrogens with one attached hydrogen (secondary N) is 2. The van der Waals surface area contributed by atoms with Crippen LogP contribution in [0.25, 0.3) is 0 Å². The molecular weight excluding hydrogens is 271 g/mol. The van der Waals surface area contributed by atoms with Crippen molar-refractivity contribution < 1.29 is 14.0 Å². The van der Waals surface area contributed by atoms with Crippen molar-refractivity contribution in [3.05, 3.63) is 64.5 Å². The fourth-order valence-electron chi connectivity index (χ4n) is 2.23. The molecule has 4 nitrogen and oxygen atoms in total. The lowest BCUT2D eigenvalue weighted by molar-refractivity contribution is 0.0879. The van der Waals surface area contributed by atoms with Crippen LogP contribution in [0.2, 0.25) is 0 Å². The Kier molecular flexibility index (Phi) is 3.17. The molecule has 0 saturated heterocycles. The molecule has 0 fully saturated rings. The van der Waals surface area contributed by atoms with Gasteiger partial charge in [0, 0.05) is 12.2 Å². The van der Waals surface area contributed by atoms with E-state index in [2.05, 4.69) is 10.6 Å². The highest BCUT2D eigenvalue weighted by molar-refractivity contribution is 6.21. The van der Waals surface area contributed by atoms with E-state index in [9.17, 15) is 14.0 Å². The van der Waals surface area contributed by atoms with Crippen LogP contribution in [0, 0.1) is 12.7 Å². The van der Waals surface area contributed by atoms with Crippen molar-refractivity contribution in [1.29, 1.82) is 0 Å². The topological polar surface area (TPSA) is 58.2 Å². The SMILES string of the molecule is Cc1ccc(CNc2ccc3c(c2)C(=O)NC3=O)cc1F. The quantitative estimate of drug-likeness (QED) is 0.852. The molecule has 0 unspecified atom stereocenters. The molecule has 1 heterocycles. The Morgan fingerprint density at radius 3 is 2.57 bits per heavy atom. The van der Waals surface area contributed by atoms with Crippen molar-refractivity contribution in [2.45, 2.75) is 13.5 Å². The summed E-state index contributed by atoms with van der Waals surface area (Å²) in [6.07, 6.45) is 0. The third kappa shape index (κ3) is 2.50. The van der Waals surface area contributed by atoms with Crippen LogP contribution in [0.1, 0.15) is 31.8 Å². The average molecular weight is 284 g/mol. The number of aryl methyl sites for hydroxylation is 1. The predicted molar refractivity (Wildman–Crippen MR) is 76.7 cm³/mol. The summed E-state index contributed by atoms with van der Waals surface area (Å²) < 4.78 is 13.5. The van der Waals surface area contributed by atoms with Gasteiger partial charge in [-0.1, -0.05) is 12.1 Å². The number of benzene rings is 2. The summed E-state index contributed by atoms with van der Waals surface area (Å²) in [6.45, 7) is 2.15. The number of halogens is 1. The van der Waals surface area contributed by atoms with Gasteiger partial charge < -0.3 is 5.32 Å². The number of amides is 2. The Morgan fingerprint density at radius 1 is 1.05 bits per heavy atom. The second-order valence-corrected chi connectivity index (χ2v) is 4.98. The first-order valence-corrected chi connectivity index (χ1v) is 6.53. The Bertz CT molecular complexity index is 756. The fraction of sp³-hybridized carbons (Fsp3) is 0.125. The molecule has 0 saturated carbocycles. The second kappa shape index (κ2) is 5.01. The first-order chi connectivity index (χ1) is 10.0. The molecule has 0 radical (unpaired) electrons. The Morgan fingerprint density at radius 2 is 1.81 bits per heavy atom. The summed E-state index contributed by atoms with van der Waals surface area (Å²) in [5.41, 5.74) is 2.86. The summed E-state index contributed by atoms with van der Waals surface area (Å²) in [5.74, 6) is -1.00. The van der Waals surface area contributed by atoms with Gasteiger partial charge in [-0.05, 0) is 42.3 Å². The standard InChI is InChI=1S/C16H13FN2O2/c1-9-2-3-10(6-14(9)17)8-18-11-4-5-12-13(7-11)16(21)19-15(12)20/h2-7,18H,8H2,1H3,(H,19,20,21). The molecule has 0 bridgehead atoms. The molecule has 0 aliphatic carbocycles. The predicted octanol–water partition coefficient (Wildman–Crippen LogP) is 2.63. The molecule has 1 aliphatic rings. The minimum absolute atomic E-state index is 0.242. The molecular formula is C16H13FN2O2. The summed E-state index contributed by atoms with van der Waals surface area (Å²) >= 11 is 0. The molecule has 5 heteroatoms. The van der Waals surface area contributed by atoms with E-state index >= 15 is 0 Å². The molecule has 1 aliphatic heterocycles. The molecule has 0 aromatic heterocycles. The van der Waals surface area contributed by atoms with Gasteiger partial charge >= 0.3 is 0 Å². The minimum atomic E-state index is -0.389. The first kappa shape index (κ1) is 13.3. The van der Waals surface area contributed by atoms with Crippen LogP contribution in [0.5, 0.6) is 0 Å². The van der Waals surface area contributed by atoms with Gasteiger partial charge in [-0.2, -0.15) is 0 Å². The molecule has 2 N–H and O–H groups in total. The number of carbonyl (C=O) groups is 2. The summed E-state index contributed by atoms with van der Waals surface area (Å²) in [6, 6.07) is 10.00. The lowest BCUT2D eigenvalue weighted by Gasteiger charge is -2.08. The maximum Gasteiger partial charge on any atom is 0.259 e. The zero-order valence-electron chi connectivity index (χ0n) is 11.4. The van der Waals surface area contributed by atoms with Gasteiger partial charge in [0.25, 0.3) is 11.8 Å².